The number of piperazine rings is 1. The SMILES string of the molecule is COC(=O)NC(=O)[C@@H](C)N1CCN(c2ccc(O)cc2)CC1. The Labute approximate surface area is 129 Å². The molecule has 0 saturated carbocycles. The molecule has 1 aliphatic rings. The molecule has 1 aliphatic heterocycles. The zero-order valence-corrected chi connectivity index (χ0v) is 12.8. The number of phenols is 1. The first kappa shape index (κ1) is 16.1. The summed E-state index contributed by atoms with van der Waals surface area (Å²) in [5.74, 6) is -0.111. The number of imide groups is 1. The zero-order valence-electron chi connectivity index (χ0n) is 12.8. The van der Waals surface area contributed by atoms with E-state index in [1.165, 1.54) is 7.11 Å². The van der Waals surface area contributed by atoms with Crippen LogP contribution in [0.3, 0.4) is 0 Å². The molecule has 2 amide bonds. The Morgan fingerprint density at radius 1 is 1.18 bits per heavy atom. The molecule has 0 spiro atoms. The molecule has 0 aliphatic carbocycles. The average Bonchev–Trinajstić information content (AvgIpc) is 2.55. The van der Waals surface area contributed by atoms with Gasteiger partial charge in [0.15, 0.2) is 0 Å². The number of amides is 2. The number of hydrogen-bond acceptors (Lipinski definition) is 6. The fourth-order valence-corrected chi connectivity index (χ4v) is 2.45. The Balaban J connectivity index is 1.87. The van der Waals surface area contributed by atoms with Gasteiger partial charge < -0.3 is 14.7 Å². The summed E-state index contributed by atoms with van der Waals surface area (Å²) in [4.78, 5) is 27.2. The van der Waals surface area contributed by atoms with Gasteiger partial charge in [0.25, 0.3) is 0 Å². The fourth-order valence-electron chi connectivity index (χ4n) is 2.45. The van der Waals surface area contributed by atoms with Crippen LogP contribution in [0.4, 0.5) is 10.5 Å². The normalized spacial score (nSPS) is 16.9. The third kappa shape index (κ3) is 3.88. The van der Waals surface area contributed by atoms with Crippen LogP contribution in [0, 0.1) is 0 Å². The molecule has 2 N–H and O–H groups in total. The van der Waals surface area contributed by atoms with Crippen molar-refractivity contribution in [2.24, 2.45) is 0 Å². The van der Waals surface area contributed by atoms with Gasteiger partial charge >= 0.3 is 6.09 Å². The number of nitrogens with one attached hydrogen (secondary N) is 1. The van der Waals surface area contributed by atoms with E-state index in [-0.39, 0.29) is 17.7 Å². The van der Waals surface area contributed by atoms with Crippen LogP contribution in [0.5, 0.6) is 5.75 Å². The van der Waals surface area contributed by atoms with Gasteiger partial charge in [-0.3, -0.25) is 15.0 Å². The number of methoxy groups -OCH3 is 1. The van der Waals surface area contributed by atoms with Crippen molar-refractivity contribution < 1.29 is 19.4 Å². The molecule has 1 heterocycles. The summed E-state index contributed by atoms with van der Waals surface area (Å²) in [7, 11) is 1.23. The second-order valence-electron chi connectivity index (χ2n) is 5.20. The van der Waals surface area contributed by atoms with E-state index in [0.717, 1.165) is 31.9 Å². The number of phenolic OH excluding ortho intramolecular Hbond substituents is 1. The maximum Gasteiger partial charge on any atom is 0.413 e. The van der Waals surface area contributed by atoms with E-state index in [9.17, 15) is 14.7 Å². The van der Waals surface area contributed by atoms with E-state index in [1.807, 2.05) is 17.0 Å². The number of carbonyl (C=O) groups is 2. The summed E-state index contributed by atoms with van der Waals surface area (Å²) in [5.41, 5.74) is 1.05. The quantitative estimate of drug-likeness (QED) is 0.859. The molecule has 1 fully saturated rings. The highest BCUT2D eigenvalue weighted by Gasteiger charge is 2.26. The molecule has 1 aromatic carbocycles. The minimum absolute atomic E-state index is 0.246. The van der Waals surface area contributed by atoms with Crippen molar-refractivity contribution in [1.82, 2.24) is 10.2 Å². The lowest BCUT2D eigenvalue weighted by atomic mass is 10.2. The lowest BCUT2D eigenvalue weighted by molar-refractivity contribution is -0.125. The molecule has 1 saturated heterocycles. The zero-order chi connectivity index (χ0) is 16.1. The van der Waals surface area contributed by atoms with Gasteiger partial charge in [-0.15, -0.1) is 0 Å². The summed E-state index contributed by atoms with van der Waals surface area (Å²) >= 11 is 0. The lowest BCUT2D eigenvalue weighted by Gasteiger charge is -2.38. The molecule has 0 radical (unpaired) electrons. The monoisotopic (exact) mass is 307 g/mol. The molecule has 120 valence electrons. The first-order chi connectivity index (χ1) is 10.5. The van der Waals surface area contributed by atoms with Gasteiger partial charge in [0.2, 0.25) is 5.91 Å². The number of aromatic hydroxyl groups is 1. The van der Waals surface area contributed by atoms with Gasteiger partial charge in [-0.1, -0.05) is 0 Å². The Morgan fingerprint density at radius 2 is 1.77 bits per heavy atom. The van der Waals surface area contributed by atoms with Gasteiger partial charge in [0.1, 0.15) is 5.75 Å². The standard InChI is InChI=1S/C15H21N3O4/c1-11(14(20)16-15(21)22-2)17-7-9-18(10-8-17)12-3-5-13(19)6-4-12/h3-6,11,19H,7-10H2,1-2H3,(H,16,20,21)/t11-/m1/s1. The summed E-state index contributed by atoms with van der Waals surface area (Å²) in [6.07, 6.45) is -0.737. The number of alkyl carbamates (subject to hydrolysis) is 1. The van der Waals surface area contributed by atoms with Crippen molar-refractivity contribution in [2.75, 3.05) is 38.2 Å². The minimum Gasteiger partial charge on any atom is -0.508 e. The first-order valence-corrected chi connectivity index (χ1v) is 7.18. The Bertz CT molecular complexity index is 524. The van der Waals surface area contributed by atoms with E-state index in [4.69, 9.17) is 0 Å². The van der Waals surface area contributed by atoms with Crippen molar-refractivity contribution in [2.45, 2.75) is 13.0 Å². The molecule has 7 nitrogen and oxygen atoms in total. The highest BCUT2D eigenvalue weighted by atomic mass is 16.5. The molecule has 22 heavy (non-hydrogen) atoms. The number of carbonyl (C=O) groups excluding carboxylic acids is 2. The topological polar surface area (TPSA) is 82.1 Å². The number of ether oxygens (including phenoxy) is 1. The second kappa shape index (κ2) is 7.13. The molecule has 0 bridgehead atoms. The van der Waals surface area contributed by atoms with Crippen LogP contribution in [0.25, 0.3) is 0 Å². The summed E-state index contributed by atoms with van der Waals surface area (Å²) < 4.78 is 4.42. The summed E-state index contributed by atoms with van der Waals surface area (Å²) in [6, 6.07) is 6.68. The number of rotatable bonds is 3. The van der Waals surface area contributed by atoms with Crippen molar-refractivity contribution >= 4 is 17.7 Å². The molecule has 7 heteroatoms. The molecule has 2 rings (SSSR count). The van der Waals surface area contributed by atoms with Crippen LogP contribution in [-0.4, -0.2) is 61.3 Å². The van der Waals surface area contributed by atoms with Crippen LogP contribution in [0.2, 0.25) is 0 Å². The van der Waals surface area contributed by atoms with Crippen molar-refractivity contribution in [3.05, 3.63) is 24.3 Å². The Hall–Kier alpha value is -2.28. The molecular weight excluding hydrogens is 286 g/mol. The number of anilines is 1. The van der Waals surface area contributed by atoms with E-state index in [0.29, 0.717) is 0 Å². The van der Waals surface area contributed by atoms with Gasteiger partial charge in [-0.25, -0.2) is 4.79 Å². The molecule has 1 aromatic rings. The van der Waals surface area contributed by atoms with Gasteiger partial charge in [-0.05, 0) is 31.2 Å². The minimum atomic E-state index is -0.737. The van der Waals surface area contributed by atoms with Gasteiger partial charge in [0.05, 0.1) is 13.2 Å². The second-order valence-corrected chi connectivity index (χ2v) is 5.20. The van der Waals surface area contributed by atoms with Crippen molar-refractivity contribution in [3.63, 3.8) is 0 Å². The van der Waals surface area contributed by atoms with Gasteiger partial charge in [-0.2, -0.15) is 0 Å². The Morgan fingerprint density at radius 3 is 2.32 bits per heavy atom. The predicted octanol–water partition coefficient (Wildman–Crippen LogP) is 0.785. The van der Waals surface area contributed by atoms with Gasteiger partial charge in [0, 0.05) is 31.9 Å². The summed E-state index contributed by atoms with van der Waals surface area (Å²) in [5, 5.41) is 11.5. The van der Waals surface area contributed by atoms with E-state index >= 15 is 0 Å². The number of benzene rings is 1. The van der Waals surface area contributed by atoms with Crippen LogP contribution < -0.4 is 10.2 Å². The first-order valence-electron chi connectivity index (χ1n) is 7.18. The summed E-state index contributed by atoms with van der Waals surface area (Å²) in [6.45, 7) is 4.77. The van der Waals surface area contributed by atoms with Crippen LogP contribution in [-0.2, 0) is 9.53 Å². The predicted molar refractivity (Wildman–Crippen MR) is 81.9 cm³/mol. The lowest BCUT2D eigenvalue weighted by Crippen LogP contribution is -2.54. The molecule has 0 aromatic heterocycles. The third-order valence-corrected chi connectivity index (χ3v) is 3.87. The van der Waals surface area contributed by atoms with E-state index in [2.05, 4.69) is 15.0 Å². The van der Waals surface area contributed by atoms with Crippen LogP contribution in [0.15, 0.2) is 24.3 Å². The van der Waals surface area contributed by atoms with E-state index in [1.54, 1.807) is 19.1 Å². The van der Waals surface area contributed by atoms with Crippen LogP contribution >= 0.6 is 0 Å². The highest BCUT2D eigenvalue weighted by molar-refractivity contribution is 5.94. The van der Waals surface area contributed by atoms with Crippen LogP contribution in [0.1, 0.15) is 6.92 Å². The largest absolute Gasteiger partial charge is 0.508 e. The molecular formula is C15H21N3O4. The molecule has 0 unspecified atom stereocenters. The maximum atomic E-state index is 11.9. The molecule has 1 atom stereocenters. The smallest absolute Gasteiger partial charge is 0.413 e. The number of hydrogen-bond donors (Lipinski definition) is 2. The maximum absolute atomic E-state index is 11.9. The Kier molecular flexibility index (Phi) is 5.21. The number of nitrogens with zero attached hydrogens (tertiary/aromatic N) is 2. The average molecular weight is 307 g/mol. The van der Waals surface area contributed by atoms with Crippen molar-refractivity contribution in [1.29, 1.82) is 0 Å². The van der Waals surface area contributed by atoms with E-state index < -0.39 is 6.09 Å². The fraction of sp³-hybridized carbons (Fsp3) is 0.467. The van der Waals surface area contributed by atoms with Crippen molar-refractivity contribution in [3.8, 4) is 5.75 Å². The third-order valence-electron chi connectivity index (χ3n) is 3.87. The highest BCUT2D eigenvalue weighted by Crippen LogP contribution is 2.20.